The molecule has 0 heterocycles. The number of carbonyl (C=O) groups excluding carboxylic acids is 1. The van der Waals surface area contributed by atoms with E-state index >= 15 is 0 Å². The Morgan fingerprint density at radius 3 is 2.68 bits per heavy atom. The van der Waals surface area contributed by atoms with Crippen LogP contribution in [0.3, 0.4) is 0 Å². The molecule has 0 aromatic heterocycles. The van der Waals surface area contributed by atoms with Gasteiger partial charge in [0, 0.05) is 24.5 Å². The van der Waals surface area contributed by atoms with Crippen LogP contribution < -0.4 is 16.0 Å². The van der Waals surface area contributed by atoms with E-state index in [2.05, 4.69) is 16.0 Å². The topological polar surface area (TPSA) is 73.4 Å². The first-order chi connectivity index (χ1) is 13.3. The third kappa shape index (κ3) is 5.16. The molecule has 1 atom stereocenters. The number of rotatable bonds is 5. The number of carbonyl (C=O) groups is 1. The number of aryl methyl sites for hydroxylation is 1. The Balaban J connectivity index is 1.48. The van der Waals surface area contributed by atoms with E-state index in [9.17, 15) is 23.1 Å². The van der Waals surface area contributed by atoms with E-state index in [-0.39, 0.29) is 24.9 Å². The van der Waals surface area contributed by atoms with Gasteiger partial charge in [0.2, 0.25) is 0 Å². The Labute approximate surface area is 161 Å². The predicted molar refractivity (Wildman–Crippen MR) is 101 cm³/mol. The summed E-state index contributed by atoms with van der Waals surface area (Å²) < 4.78 is 38.8. The van der Waals surface area contributed by atoms with Crippen molar-refractivity contribution in [3.8, 4) is 0 Å². The predicted octanol–water partition coefficient (Wildman–Crippen LogP) is 3.79. The normalized spacial score (nSPS) is 16.2. The number of aliphatic hydroxyl groups excluding tert-OH is 1. The highest BCUT2D eigenvalue weighted by atomic mass is 19.4. The molecular formula is C20H22F3N3O2. The number of anilines is 2. The second-order valence-electron chi connectivity index (χ2n) is 6.73. The SMILES string of the molecule is O=C(NCCNc1ccccc1C(F)(F)F)Nc1ccc2c(c1)CC(O)CC2. The molecule has 2 aromatic rings. The largest absolute Gasteiger partial charge is 0.418 e. The molecule has 0 radical (unpaired) electrons. The van der Waals surface area contributed by atoms with Gasteiger partial charge in [-0.15, -0.1) is 0 Å². The summed E-state index contributed by atoms with van der Waals surface area (Å²) in [4.78, 5) is 12.0. The third-order valence-corrected chi connectivity index (χ3v) is 4.63. The fourth-order valence-corrected chi connectivity index (χ4v) is 3.25. The van der Waals surface area contributed by atoms with Crippen LogP contribution in [0.4, 0.5) is 29.3 Å². The van der Waals surface area contributed by atoms with Crippen molar-refractivity contribution >= 4 is 17.4 Å². The maximum Gasteiger partial charge on any atom is 0.418 e. The molecule has 0 aliphatic heterocycles. The van der Waals surface area contributed by atoms with Gasteiger partial charge in [-0.25, -0.2) is 4.79 Å². The van der Waals surface area contributed by atoms with Crippen LogP contribution in [0.15, 0.2) is 42.5 Å². The maximum atomic E-state index is 12.9. The van der Waals surface area contributed by atoms with Crippen LogP contribution >= 0.6 is 0 Å². The number of alkyl halides is 3. The zero-order valence-corrected chi connectivity index (χ0v) is 15.1. The summed E-state index contributed by atoms with van der Waals surface area (Å²) in [6.45, 7) is 0.304. The van der Waals surface area contributed by atoms with Gasteiger partial charge >= 0.3 is 12.2 Å². The Morgan fingerprint density at radius 1 is 1.11 bits per heavy atom. The number of para-hydroxylation sites is 1. The van der Waals surface area contributed by atoms with E-state index in [1.54, 1.807) is 6.07 Å². The number of amides is 2. The lowest BCUT2D eigenvalue weighted by Gasteiger charge is -2.21. The highest BCUT2D eigenvalue weighted by Gasteiger charge is 2.32. The monoisotopic (exact) mass is 393 g/mol. The lowest BCUT2D eigenvalue weighted by molar-refractivity contribution is -0.136. The Hall–Kier alpha value is -2.74. The molecule has 150 valence electrons. The maximum absolute atomic E-state index is 12.9. The minimum absolute atomic E-state index is 0.0227. The van der Waals surface area contributed by atoms with Crippen molar-refractivity contribution in [2.24, 2.45) is 0 Å². The van der Waals surface area contributed by atoms with Gasteiger partial charge in [-0.2, -0.15) is 13.2 Å². The number of nitrogens with one attached hydrogen (secondary N) is 3. The van der Waals surface area contributed by atoms with Crippen molar-refractivity contribution in [3.05, 3.63) is 59.2 Å². The van der Waals surface area contributed by atoms with E-state index in [1.165, 1.54) is 23.8 Å². The molecule has 1 aliphatic rings. The molecule has 0 saturated heterocycles. The second-order valence-corrected chi connectivity index (χ2v) is 6.73. The Bertz CT molecular complexity index is 840. The fraction of sp³-hybridized carbons (Fsp3) is 0.350. The first kappa shape index (κ1) is 20.0. The first-order valence-corrected chi connectivity index (χ1v) is 9.08. The molecule has 2 amide bonds. The summed E-state index contributed by atoms with van der Waals surface area (Å²) >= 11 is 0. The first-order valence-electron chi connectivity index (χ1n) is 9.08. The zero-order chi connectivity index (χ0) is 20.1. The summed E-state index contributed by atoms with van der Waals surface area (Å²) in [6.07, 6.45) is -2.68. The molecular weight excluding hydrogens is 371 g/mol. The number of aliphatic hydroxyl groups is 1. The van der Waals surface area contributed by atoms with Crippen molar-refractivity contribution in [1.29, 1.82) is 0 Å². The molecule has 2 aromatic carbocycles. The number of hydrogen-bond donors (Lipinski definition) is 4. The van der Waals surface area contributed by atoms with Crippen molar-refractivity contribution < 1.29 is 23.1 Å². The van der Waals surface area contributed by atoms with Crippen molar-refractivity contribution in [2.75, 3.05) is 23.7 Å². The van der Waals surface area contributed by atoms with Crippen LogP contribution in [0.5, 0.6) is 0 Å². The minimum atomic E-state index is -4.44. The van der Waals surface area contributed by atoms with E-state index in [0.717, 1.165) is 24.5 Å². The summed E-state index contributed by atoms with van der Waals surface area (Å²) in [5.74, 6) is 0. The molecule has 3 rings (SSSR count). The van der Waals surface area contributed by atoms with Gasteiger partial charge in [0.15, 0.2) is 0 Å². The molecule has 0 fully saturated rings. The average Bonchev–Trinajstić information content (AvgIpc) is 2.64. The van der Waals surface area contributed by atoms with Gasteiger partial charge < -0.3 is 21.1 Å². The van der Waals surface area contributed by atoms with Gasteiger partial charge in [-0.05, 0) is 54.7 Å². The summed E-state index contributed by atoms with van der Waals surface area (Å²) in [6, 6.07) is 10.3. The van der Waals surface area contributed by atoms with E-state index in [1.807, 2.05) is 12.1 Å². The lowest BCUT2D eigenvalue weighted by atomic mass is 9.89. The van der Waals surface area contributed by atoms with Crippen LogP contribution in [0.2, 0.25) is 0 Å². The zero-order valence-electron chi connectivity index (χ0n) is 15.1. The van der Waals surface area contributed by atoms with Gasteiger partial charge in [-0.3, -0.25) is 0 Å². The van der Waals surface area contributed by atoms with Gasteiger partial charge in [-0.1, -0.05) is 18.2 Å². The third-order valence-electron chi connectivity index (χ3n) is 4.63. The summed E-state index contributed by atoms with van der Waals surface area (Å²) in [5, 5.41) is 17.8. The van der Waals surface area contributed by atoms with E-state index < -0.39 is 17.8 Å². The van der Waals surface area contributed by atoms with Crippen molar-refractivity contribution in [2.45, 2.75) is 31.5 Å². The van der Waals surface area contributed by atoms with Crippen LogP contribution in [-0.4, -0.2) is 30.3 Å². The number of halogens is 3. The molecule has 1 aliphatic carbocycles. The smallest absolute Gasteiger partial charge is 0.393 e. The number of urea groups is 1. The molecule has 5 nitrogen and oxygen atoms in total. The number of benzene rings is 2. The van der Waals surface area contributed by atoms with E-state index in [4.69, 9.17) is 0 Å². The average molecular weight is 393 g/mol. The quantitative estimate of drug-likeness (QED) is 0.584. The van der Waals surface area contributed by atoms with Crippen molar-refractivity contribution in [3.63, 3.8) is 0 Å². The molecule has 4 N–H and O–H groups in total. The summed E-state index contributed by atoms with van der Waals surface area (Å²) in [5.41, 5.74) is 2.03. The number of hydrogen-bond acceptors (Lipinski definition) is 3. The van der Waals surface area contributed by atoms with Crippen LogP contribution in [0.25, 0.3) is 0 Å². The summed E-state index contributed by atoms with van der Waals surface area (Å²) in [7, 11) is 0. The second kappa shape index (κ2) is 8.52. The fourth-order valence-electron chi connectivity index (χ4n) is 3.25. The van der Waals surface area contributed by atoms with Crippen molar-refractivity contribution in [1.82, 2.24) is 5.32 Å². The van der Waals surface area contributed by atoms with Crippen LogP contribution in [-0.2, 0) is 19.0 Å². The highest BCUT2D eigenvalue weighted by Crippen LogP contribution is 2.34. The Kier molecular flexibility index (Phi) is 6.08. The lowest BCUT2D eigenvalue weighted by Crippen LogP contribution is -2.33. The molecule has 0 spiro atoms. The molecule has 8 heteroatoms. The standard InChI is InChI=1S/C20H22F3N3O2/c21-20(22,23)17-3-1-2-4-18(17)24-9-10-25-19(28)26-15-7-5-13-6-8-16(27)12-14(13)11-15/h1-5,7,11,16,24,27H,6,8-10,12H2,(H2,25,26,28). The Morgan fingerprint density at radius 2 is 1.89 bits per heavy atom. The minimum Gasteiger partial charge on any atom is -0.393 e. The molecule has 1 unspecified atom stereocenters. The van der Waals surface area contributed by atoms with Gasteiger partial charge in [0.05, 0.1) is 11.7 Å². The number of fused-ring (bicyclic) bond motifs is 1. The van der Waals surface area contributed by atoms with Crippen LogP contribution in [0.1, 0.15) is 23.1 Å². The van der Waals surface area contributed by atoms with Crippen LogP contribution in [0, 0.1) is 0 Å². The molecule has 28 heavy (non-hydrogen) atoms. The molecule has 0 saturated carbocycles. The highest BCUT2D eigenvalue weighted by molar-refractivity contribution is 5.89. The molecule has 0 bridgehead atoms. The van der Waals surface area contributed by atoms with E-state index in [0.29, 0.717) is 12.1 Å². The van der Waals surface area contributed by atoms with Gasteiger partial charge in [0.25, 0.3) is 0 Å². The van der Waals surface area contributed by atoms with Gasteiger partial charge in [0.1, 0.15) is 0 Å².